The fraction of sp³-hybridized carbons (Fsp3) is 0.0714. The third-order valence-corrected chi connectivity index (χ3v) is 8.67. The number of rotatable bonds is 1. The predicted octanol–water partition coefficient (Wildman–Crippen LogP) is 7.62. The molecule has 5 aromatic carbocycles. The zero-order chi connectivity index (χ0) is 20.1. The van der Waals surface area contributed by atoms with Gasteiger partial charge >= 0.3 is 0 Å². The highest BCUT2D eigenvalue weighted by molar-refractivity contribution is 7.64. The van der Waals surface area contributed by atoms with Gasteiger partial charge in [-0.25, -0.2) is 4.39 Å². The largest absolute Gasteiger partial charge is 0.207 e. The molecule has 0 saturated heterocycles. The van der Waals surface area contributed by atoms with Crippen LogP contribution in [0, 0.1) is 5.82 Å². The lowest BCUT2D eigenvalue weighted by atomic mass is 9.88. The summed E-state index contributed by atoms with van der Waals surface area (Å²) in [5.41, 5.74) is 5.57. The average Bonchev–Trinajstić information content (AvgIpc) is 2.97. The van der Waals surface area contributed by atoms with Crippen molar-refractivity contribution in [2.45, 2.75) is 12.3 Å². The molecule has 1 aliphatic heterocycles. The molecular formula is C28H20FP. The summed E-state index contributed by atoms with van der Waals surface area (Å²) in [6.45, 7) is 0. The summed E-state index contributed by atoms with van der Waals surface area (Å²) in [5.74, 6) is -0.165. The maximum atomic E-state index is 13.6. The van der Waals surface area contributed by atoms with Crippen molar-refractivity contribution in [2.75, 3.05) is 0 Å². The first-order valence-electron chi connectivity index (χ1n) is 10.3. The summed E-state index contributed by atoms with van der Waals surface area (Å²) in [6, 6.07) is 33.7. The van der Waals surface area contributed by atoms with E-state index in [0.29, 0.717) is 0 Å². The second-order valence-corrected chi connectivity index (χ2v) is 10.2. The first-order valence-corrected chi connectivity index (χ1v) is 12.0. The van der Waals surface area contributed by atoms with Crippen LogP contribution in [0.5, 0.6) is 0 Å². The Morgan fingerprint density at radius 1 is 0.533 bits per heavy atom. The van der Waals surface area contributed by atoms with Gasteiger partial charge < -0.3 is 0 Å². The molecule has 6 rings (SSSR count). The highest BCUT2D eigenvalue weighted by Crippen LogP contribution is 2.52. The number of halogens is 1. The minimum Gasteiger partial charge on any atom is -0.207 e. The fourth-order valence-electron chi connectivity index (χ4n) is 4.79. The van der Waals surface area contributed by atoms with Crippen molar-refractivity contribution in [1.29, 1.82) is 0 Å². The molecule has 0 spiro atoms. The highest BCUT2D eigenvalue weighted by atomic mass is 31.1. The van der Waals surface area contributed by atoms with Gasteiger partial charge in [-0.15, -0.1) is 0 Å². The molecule has 1 aliphatic rings. The molecule has 0 aliphatic carbocycles. The maximum Gasteiger partial charge on any atom is 0.123 e. The highest BCUT2D eigenvalue weighted by Gasteiger charge is 2.25. The molecule has 2 heteroatoms. The van der Waals surface area contributed by atoms with Gasteiger partial charge in [-0.2, -0.15) is 0 Å². The van der Waals surface area contributed by atoms with E-state index in [4.69, 9.17) is 0 Å². The molecule has 0 aromatic heterocycles. The third-order valence-electron chi connectivity index (χ3n) is 6.19. The number of fused-ring (bicyclic) bond motifs is 7. The van der Waals surface area contributed by atoms with Gasteiger partial charge in [0, 0.05) is 0 Å². The molecule has 0 radical (unpaired) electrons. The number of hydrogen-bond donors (Lipinski definition) is 0. The Kier molecular flexibility index (Phi) is 4.18. The van der Waals surface area contributed by atoms with Crippen LogP contribution in [0.3, 0.4) is 0 Å². The zero-order valence-electron chi connectivity index (χ0n) is 16.5. The molecule has 0 N–H and O–H groups in total. The van der Waals surface area contributed by atoms with Gasteiger partial charge in [0.15, 0.2) is 0 Å². The Bertz CT molecular complexity index is 1310. The minimum atomic E-state index is -0.456. The van der Waals surface area contributed by atoms with Crippen molar-refractivity contribution < 1.29 is 4.39 Å². The topological polar surface area (TPSA) is 0 Å². The molecule has 0 unspecified atom stereocenters. The van der Waals surface area contributed by atoms with Gasteiger partial charge in [0.2, 0.25) is 0 Å². The fourth-order valence-corrected chi connectivity index (χ4v) is 7.19. The van der Waals surface area contributed by atoms with E-state index in [1.807, 2.05) is 12.1 Å². The van der Waals surface area contributed by atoms with Crippen molar-refractivity contribution in [2.24, 2.45) is 0 Å². The Morgan fingerprint density at radius 2 is 1.03 bits per heavy atom. The standard InChI is InChI=1S/C28H20FP/c29-23-13-15-24(16-14-23)30-17-21-11-9-19-5-1-3-7-25(19)27(21)28-22(18-30)12-10-20-6-2-4-8-26(20)28/h1-16H,17-18H2. The average molecular weight is 406 g/mol. The summed E-state index contributed by atoms with van der Waals surface area (Å²) in [4.78, 5) is 0. The summed E-state index contributed by atoms with van der Waals surface area (Å²) < 4.78 is 13.6. The first kappa shape index (κ1) is 17.8. The second kappa shape index (κ2) is 7.04. The lowest BCUT2D eigenvalue weighted by molar-refractivity contribution is 0.628. The predicted molar refractivity (Wildman–Crippen MR) is 127 cm³/mol. The van der Waals surface area contributed by atoms with Crippen molar-refractivity contribution in [1.82, 2.24) is 0 Å². The molecule has 0 saturated carbocycles. The third kappa shape index (κ3) is 2.85. The van der Waals surface area contributed by atoms with Crippen LogP contribution >= 0.6 is 7.92 Å². The van der Waals surface area contributed by atoms with Crippen LogP contribution in [0.1, 0.15) is 11.1 Å². The van der Waals surface area contributed by atoms with E-state index in [-0.39, 0.29) is 5.82 Å². The van der Waals surface area contributed by atoms with Crippen molar-refractivity contribution in [3.05, 3.63) is 114 Å². The zero-order valence-corrected chi connectivity index (χ0v) is 17.4. The smallest absolute Gasteiger partial charge is 0.123 e. The van der Waals surface area contributed by atoms with Crippen molar-refractivity contribution in [3.8, 4) is 11.1 Å². The lowest BCUT2D eigenvalue weighted by Crippen LogP contribution is -2.03. The molecule has 1 heterocycles. The molecule has 0 atom stereocenters. The molecule has 144 valence electrons. The van der Waals surface area contributed by atoms with Crippen LogP contribution in [-0.2, 0) is 12.3 Å². The van der Waals surface area contributed by atoms with E-state index in [1.54, 1.807) is 12.1 Å². The van der Waals surface area contributed by atoms with Crippen LogP contribution in [0.2, 0.25) is 0 Å². The molecule has 0 nitrogen and oxygen atoms in total. The van der Waals surface area contributed by atoms with Gasteiger partial charge in [0.25, 0.3) is 0 Å². The van der Waals surface area contributed by atoms with Crippen LogP contribution in [0.4, 0.5) is 4.39 Å². The van der Waals surface area contributed by atoms with E-state index < -0.39 is 7.92 Å². The summed E-state index contributed by atoms with van der Waals surface area (Å²) in [7, 11) is -0.456. The van der Waals surface area contributed by atoms with Crippen LogP contribution in [0.15, 0.2) is 97.1 Å². The van der Waals surface area contributed by atoms with Crippen LogP contribution < -0.4 is 5.30 Å². The van der Waals surface area contributed by atoms with E-state index in [0.717, 1.165) is 12.3 Å². The normalized spacial score (nSPS) is 13.8. The van der Waals surface area contributed by atoms with Crippen molar-refractivity contribution in [3.63, 3.8) is 0 Å². The molecule has 0 bridgehead atoms. The SMILES string of the molecule is Fc1ccc(P2Cc3ccc4ccccc4c3-c3c(ccc4ccccc34)C2)cc1. The Morgan fingerprint density at radius 3 is 1.57 bits per heavy atom. The summed E-state index contributed by atoms with van der Waals surface area (Å²) in [6.07, 6.45) is 2.04. The quantitative estimate of drug-likeness (QED) is 0.251. The van der Waals surface area contributed by atoms with Crippen LogP contribution in [-0.4, -0.2) is 0 Å². The van der Waals surface area contributed by atoms with E-state index in [9.17, 15) is 4.39 Å². The minimum absolute atomic E-state index is 0.165. The maximum absolute atomic E-state index is 13.6. The molecule has 5 aromatic rings. The number of benzene rings is 5. The molecule has 30 heavy (non-hydrogen) atoms. The molecular weight excluding hydrogens is 386 g/mol. The van der Waals surface area contributed by atoms with E-state index in [1.165, 1.54) is 49.1 Å². The van der Waals surface area contributed by atoms with Gasteiger partial charge in [0.05, 0.1) is 0 Å². The van der Waals surface area contributed by atoms with Gasteiger partial charge in [-0.3, -0.25) is 0 Å². The Hall–Kier alpha value is -3.02. The Labute approximate surface area is 176 Å². The summed E-state index contributed by atoms with van der Waals surface area (Å²) >= 11 is 0. The second-order valence-electron chi connectivity index (χ2n) is 7.97. The van der Waals surface area contributed by atoms with Crippen molar-refractivity contribution >= 4 is 34.8 Å². The van der Waals surface area contributed by atoms with E-state index in [2.05, 4.69) is 72.8 Å². The van der Waals surface area contributed by atoms with Gasteiger partial charge in [0.1, 0.15) is 5.82 Å². The van der Waals surface area contributed by atoms with E-state index >= 15 is 0 Å². The summed E-state index contributed by atoms with van der Waals surface area (Å²) in [5, 5.41) is 6.48. The Balaban J connectivity index is 1.68. The van der Waals surface area contributed by atoms with Crippen LogP contribution in [0.25, 0.3) is 32.7 Å². The van der Waals surface area contributed by atoms with Gasteiger partial charge in [-0.1, -0.05) is 92.9 Å². The first-order chi connectivity index (χ1) is 14.8. The molecule has 0 fully saturated rings. The van der Waals surface area contributed by atoms with Gasteiger partial charge in [-0.05, 0) is 73.6 Å². The molecule has 0 amide bonds. The number of hydrogen-bond acceptors (Lipinski definition) is 0. The monoisotopic (exact) mass is 406 g/mol. The lowest BCUT2D eigenvalue weighted by Gasteiger charge is -2.17.